The van der Waals surface area contributed by atoms with Crippen LogP contribution in [0.5, 0.6) is 0 Å². The predicted molar refractivity (Wildman–Crippen MR) is 72.6 cm³/mol. The summed E-state index contributed by atoms with van der Waals surface area (Å²) in [5.74, 6) is -0.264. The lowest BCUT2D eigenvalue weighted by Crippen LogP contribution is -2.31. The number of anilines is 1. The minimum Gasteiger partial charge on any atom is -0.377 e. The predicted octanol–water partition coefficient (Wildman–Crippen LogP) is 3.52. The van der Waals surface area contributed by atoms with Crippen LogP contribution in [0, 0.1) is 5.82 Å². The van der Waals surface area contributed by atoms with Gasteiger partial charge in [0, 0.05) is 24.7 Å². The molecule has 2 aliphatic rings. The zero-order valence-electron chi connectivity index (χ0n) is 10.5. The molecule has 4 heteroatoms. The molecule has 0 bridgehead atoms. The highest BCUT2D eigenvalue weighted by Crippen LogP contribution is 2.35. The highest BCUT2D eigenvalue weighted by atomic mass is 35.5. The van der Waals surface area contributed by atoms with Crippen LogP contribution in [0.3, 0.4) is 0 Å². The van der Waals surface area contributed by atoms with Crippen LogP contribution in [-0.4, -0.2) is 29.6 Å². The van der Waals surface area contributed by atoms with Crippen LogP contribution < -0.4 is 5.32 Å². The smallest absolute Gasteiger partial charge is 0.147 e. The highest BCUT2D eigenvalue weighted by Gasteiger charge is 2.38. The zero-order valence-corrected chi connectivity index (χ0v) is 11.3. The first-order chi connectivity index (χ1) is 8.65. The molecular weight excluding hydrogens is 251 g/mol. The molecular formula is C14H18ClFN2. The molecule has 0 radical (unpaired) electrons. The van der Waals surface area contributed by atoms with Crippen molar-refractivity contribution in [2.24, 2.45) is 0 Å². The fraction of sp³-hybridized carbons (Fsp3) is 0.571. The van der Waals surface area contributed by atoms with Crippen molar-refractivity contribution in [2.75, 3.05) is 11.9 Å². The van der Waals surface area contributed by atoms with Gasteiger partial charge in [0.05, 0.1) is 10.7 Å². The van der Waals surface area contributed by atoms with Gasteiger partial charge in [0.1, 0.15) is 5.82 Å². The monoisotopic (exact) mass is 268 g/mol. The van der Waals surface area contributed by atoms with E-state index in [1.54, 1.807) is 12.1 Å². The highest BCUT2D eigenvalue weighted by molar-refractivity contribution is 6.33. The van der Waals surface area contributed by atoms with Crippen LogP contribution in [0.4, 0.5) is 10.1 Å². The first-order valence-corrected chi connectivity index (χ1v) is 6.99. The van der Waals surface area contributed by atoms with E-state index < -0.39 is 0 Å². The maximum absolute atomic E-state index is 13.7. The lowest BCUT2D eigenvalue weighted by molar-refractivity contribution is 0.257. The van der Waals surface area contributed by atoms with E-state index in [1.807, 2.05) is 0 Å². The van der Waals surface area contributed by atoms with E-state index in [0.717, 1.165) is 19.0 Å². The van der Waals surface area contributed by atoms with E-state index in [0.29, 0.717) is 22.8 Å². The Bertz CT molecular complexity index is 427. The molecule has 1 aliphatic heterocycles. The van der Waals surface area contributed by atoms with Crippen molar-refractivity contribution in [3.05, 3.63) is 29.0 Å². The third-order valence-corrected chi connectivity index (χ3v) is 4.27. The maximum Gasteiger partial charge on any atom is 0.147 e. The van der Waals surface area contributed by atoms with Gasteiger partial charge in [0.25, 0.3) is 0 Å². The van der Waals surface area contributed by atoms with Gasteiger partial charge in [-0.1, -0.05) is 17.7 Å². The summed E-state index contributed by atoms with van der Waals surface area (Å²) in [4.78, 5) is 2.53. The van der Waals surface area contributed by atoms with Crippen molar-refractivity contribution < 1.29 is 4.39 Å². The van der Waals surface area contributed by atoms with Crippen LogP contribution >= 0.6 is 11.6 Å². The SMILES string of the molecule is CC1CC(Nc2c(F)cccc2Cl)CN1C1CC1. The number of likely N-dealkylation sites (tertiary alicyclic amines) is 1. The Hall–Kier alpha value is -0.800. The molecule has 1 aromatic rings. The van der Waals surface area contributed by atoms with Crippen LogP contribution in [0.1, 0.15) is 26.2 Å². The number of halogens is 2. The average Bonchev–Trinajstić information content (AvgIpc) is 3.09. The molecule has 0 amide bonds. The topological polar surface area (TPSA) is 15.3 Å². The van der Waals surface area contributed by atoms with Gasteiger partial charge in [-0.25, -0.2) is 4.39 Å². The molecule has 1 saturated carbocycles. The van der Waals surface area contributed by atoms with Gasteiger partial charge in [0.2, 0.25) is 0 Å². The molecule has 0 spiro atoms. The van der Waals surface area contributed by atoms with Gasteiger partial charge in [-0.05, 0) is 38.3 Å². The van der Waals surface area contributed by atoms with Gasteiger partial charge in [-0.15, -0.1) is 0 Å². The van der Waals surface area contributed by atoms with Gasteiger partial charge >= 0.3 is 0 Å². The fourth-order valence-corrected chi connectivity index (χ4v) is 3.13. The van der Waals surface area contributed by atoms with Gasteiger partial charge in [0.15, 0.2) is 0 Å². The summed E-state index contributed by atoms with van der Waals surface area (Å²) in [7, 11) is 0. The minimum atomic E-state index is -0.264. The molecule has 2 fully saturated rings. The Balaban J connectivity index is 1.70. The van der Waals surface area contributed by atoms with Crippen molar-refractivity contribution in [1.82, 2.24) is 4.90 Å². The Kier molecular flexibility index (Phi) is 3.20. The Morgan fingerprint density at radius 2 is 2.17 bits per heavy atom. The summed E-state index contributed by atoms with van der Waals surface area (Å²) in [6.45, 7) is 3.25. The zero-order chi connectivity index (χ0) is 12.7. The summed E-state index contributed by atoms with van der Waals surface area (Å²) in [6, 6.07) is 6.46. The first kappa shape index (κ1) is 12.2. The largest absolute Gasteiger partial charge is 0.377 e. The number of nitrogens with one attached hydrogen (secondary N) is 1. The number of rotatable bonds is 3. The van der Waals surface area contributed by atoms with E-state index in [9.17, 15) is 4.39 Å². The summed E-state index contributed by atoms with van der Waals surface area (Å²) in [6.07, 6.45) is 3.69. The Labute approximate surface area is 112 Å². The van der Waals surface area contributed by atoms with Gasteiger partial charge in [-0.3, -0.25) is 4.90 Å². The molecule has 1 aromatic carbocycles. The Morgan fingerprint density at radius 1 is 1.39 bits per heavy atom. The van der Waals surface area contributed by atoms with Crippen LogP contribution in [0.25, 0.3) is 0 Å². The molecule has 1 heterocycles. The first-order valence-electron chi connectivity index (χ1n) is 6.61. The molecule has 1 saturated heterocycles. The van der Waals surface area contributed by atoms with Crippen LogP contribution in [0.2, 0.25) is 5.02 Å². The maximum atomic E-state index is 13.7. The molecule has 2 atom stereocenters. The van der Waals surface area contributed by atoms with E-state index in [4.69, 9.17) is 11.6 Å². The van der Waals surface area contributed by atoms with E-state index in [1.165, 1.54) is 18.9 Å². The lowest BCUT2D eigenvalue weighted by atomic mass is 10.2. The summed E-state index contributed by atoms with van der Waals surface area (Å²) in [5.41, 5.74) is 0.453. The second kappa shape index (κ2) is 4.71. The number of hydrogen-bond donors (Lipinski definition) is 1. The van der Waals surface area contributed by atoms with E-state index in [-0.39, 0.29) is 5.82 Å². The molecule has 1 N–H and O–H groups in total. The van der Waals surface area contributed by atoms with Gasteiger partial charge < -0.3 is 5.32 Å². The third-order valence-electron chi connectivity index (χ3n) is 3.95. The number of benzene rings is 1. The average molecular weight is 269 g/mol. The standard InChI is InChI=1S/C14H18ClFN2/c1-9-7-10(8-18(9)11-5-6-11)17-14-12(15)3-2-4-13(14)16/h2-4,9-11,17H,5-8H2,1H3. The van der Waals surface area contributed by atoms with Crippen molar-refractivity contribution in [3.63, 3.8) is 0 Å². The minimum absolute atomic E-state index is 0.264. The third kappa shape index (κ3) is 2.34. The van der Waals surface area contributed by atoms with E-state index in [2.05, 4.69) is 17.1 Å². The molecule has 98 valence electrons. The fourth-order valence-electron chi connectivity index (χ4n) is 2.92. The summed E-state index contributed by atoms with van der Waals surface area (Å²) < 4.78 is 13.7. The van der Waals surface area contributed by atoms with Gasteiger partial charge in [-0.2, -0.15) is 0 Å². The quantitative estimate of drug-likeness (QED) is 0.902. The number of hydrogen-bond acceptors (Lipinski definition) is 2. The Morgan fingerprint density at radius 3 is 2.83 bits per heavy atom. The number of para-hydroxylation sites is 1. The number of nitrogens with zero attached hydrogens (tertiary/aromatic N) is 1. The molecule has 3 rings (SSSR count). The molecule has 2 unspecified atom stereocenters. The van der Waals surface area contributed by atoms with Crippen molar-refractivity contribution >= 4 is 17.3 Å². The van der Waals surface area contributed by atoms with Crippen molar-refractivity contribution in [1.29, 1.82) is 0 Å². The summed E-state index contributed by atoms with van der Waals surface area (Å²) in [5, 5.41) is 3.74. The second-order valence-electron chi connectivity index (χ2n) is 5.45. The lowest BCUT2D eigenvalue weighted by Gasteiger charge is -2.20. The van der Waals surface area contributed by atoms with Crippen LogP contribution in [-0.2, 0) is 0 Å². The van der Waals surface area contributed by atoms with Crippen LogP contribution in [0.15, 0.2) is 18.2 Å². The molecule has 0 aromatic heterocycles. The molecule has 1 aliphatic carbocycles. The van der Waals surface area contributed by atoms with Crippen molar-refractivity contribution in [2.45, 2.75) is 44.3 Å². The normalized spacial score (nSPS) is 28.6. The molecule has 18 heavy (non-hydrogen) atoms. The molecule has 2 nitrogen and oxygen atoms in total. The summed E-state index contributed by atoms with van der Waals surface area (Å²) >= 11 is 6.04. The van der Waals surface area contributed by atoms with E-state index >= 15 is 0 Å². The van der Waals surface area contributed by atoms with Crippen molar-refractivity contribution in [3.8, 4) is 0 Å². The second-order valence-corrected chi connectivity index (χ2v) is 5.86.